The Labute approximate surface area is 155 Å². The van der Waals surface area contributed by atoms with Crippen molar-refractivity contribution in [1.29, 1.82) is 0 Å². The van der Waals surface area contributed by atoms with E-state index in [2.05, 4.69) is 15.4 Å². The molecule has 132 valence electrons. The number of hydrogen-bond acceptors (Lipinski definition) is 3. The van der Waals surface area contributed by atoms with Crippen LogP contribution in [0.3, 0.4) is 0 Å². The summed E-state index contributed by atoms with van der Waals surface area (Å²) in [6.07, 6.45) is 3.37. The maximum absolute atomic E-state index is 13.9. The van der Waals surface area contributed by atoms with Crippen LogP contribution in [0.1, 0.15) is 10.4 Å². The molecule has 2 heterocycles. The van der Waals surface area contributed by atoms with Crippen molar-refractivity contribution in [2.45, 2.75) is 0 Å². The van der Waals surface area contributed by atoms with E-state index in [1.807, 2.05) is 42.5 Å². The number of amides is 1. The van der Waals surface area contributed by atoms with Crippen LogP contribution in [-0.2, 0) is 0 Å². The molecule has 0 unspecified atom stereocenters. The van der Waals surface area contributed by atoms with Crippen LogP contribution >= 0.6 is 0 Å². The van der Waals surface area contributed by atoms with E-state index < -0.39 is 11.7 Å². The number of aromatic nitrogens is 3. The van der Waals surface area contributed by atoms with E-state index in [0.29, 0.717) is 11.5 Å². The van der Waals surface area contributed by atoms with Crippen molar-refractivity contribution < 1.29 is 9.18 Å². The zero-order valence-corrected chi connectivity index (χ0v) is 14.2. The van der Waals surface area contributed by atoms with E-state index in [9.17, 15) is 9.18 Å². The lowest BCUT2D eigenvalue weighted by Crippen LogP contribution is -2.16. The number of rotatable bonds is 4. The summed E-state index contributed by atoms with van der Waals surface area (Å²) in [6.45, 7) is 0. The fourth-order valence-electron chi connectivity index (χ4n) is 2.72. The van der Waals surface area contributed by atoms with Crippen molar-refractivity contribution in [3.8, 4) is 16.9 Å². The zero-order chi connectivity index (χ0) is 18.6. The fourth-order valence-corrected chi connectivity index (χ4v) is 2.72. The molecule has 0 spiro atoms. The highest BCUT2D eigenvalue weighted by molar-refractivity contribution is 6.04. The number of nitrogens with zero attached hydrogens (tertiary/aromatic N) is 3. The van der Waals surface area contributed by atoms with Gasteiger partial charge in [-0.1, -0.05) is 30.3 Å². The third kappa shape index (κ3) is 3.46. The number of para-hydroxylation sites is 1. The highest BCUT2D eigenvalue weighted by Gasteiger charge is 2.16. The molecule has 4 aromatic rings. The van der Waals surface area contributed by atoms with Gasteiger partial charge in [0.15, 0.2) is 0 Å². The number of anilines is 1. The van der Waals surface area contributed by atoms with Gasteiger partial charge in [-0.25, -0.2) is 9.07 Å². The summed E-state index contributed by atoms with van der Waals surface area (Å²) in [7, 11) is 0. The highest BCUT2D eigenvalue weighted by Crippen LogP contribution is 2.25. The number of nitrogens with one attached hydrogen (secondary N) is 1. The van der Waals surface area contributed by atoms with Gasteiger partial charge in [0.1, 0.15) is 11.6 Å². The molecule has 1 amide bonds. The summed E-state index contributed by atoms with van der Waals surface area (Å²) in [5.74, 6) is -0.676. The fraction of sp³-hybridized carbons (Fsp3) is 0. The molecule has 0 saturated heterocycles. The number of benzene rings is 2. The zero-order valence-electron chi connectivity index (χ0n) is 14.2. The van der Waals surface area contributed by atoms with Crippen LogP contribution in [0, 0.1) is 5.82 Å². The molecule has 2 aromatic carbocycles. The Morgan fingerprint density at radius 1 is 0.963 bits per heavy atom. The molecule has 27 heavy (non-hydrogen) atoms. The van der Waals surface area contributed by atoms with Crippen LogP contribution in [0.25, 0.3) is 16.9 Å². The first kappa shape index (κ1) is 16.7. The molecule has 0 radical (unpaired) electrons. The van der Waals surface area contributed by atoms with Gasteiger partial charge in [-0.2, -0.15) is 5.10 Å². The van der Waals surface area contributed by atoms with Crippen molar-refractivity contribution in [3.05, 3.63) is 96.6 Å². The summed E-state index contributed by atoms with van der Waals surface area (Å²) >= 11 is 0. The summed E-state index contributed by atoms with van der Waals surface area (Å²) < 4.78 is 15.6. The number of pyridine rings is 1. The topological polar surface area (TPSA) is 59.8 Å². The van der Waals surface area contributed by atoms with Crippen LogP contribution in [0.15, 0.2) is 85.2 Å². The first-order chi connectivity index (χ1) is 13.2. The average Bonchev–Trinajstić information content (AvgIpc) is 3.13. The van der Waals surface area contributed by atoms with E-state index in [1.165, 1.54) is 12.1 Å². The van der Waals surface area contributed by atoms with Crippen LogP contribution in [0.4, 0.5) is 10.2 Å². The first-order valence-corrected chi connectivity index (χ1v) is 8.34. The third-order valence-electron chi connectivity index (χ3n) is 4.03. The number of carbonyl (C=O) groups excluding carboxylic acids is 1. The second-order valence-electron chi connectivity index (χ2n) is 5.84. The lowest BCUT2D eigenvalue weighted by molar-refractivity contribution is 0.102. The molecule has 0 aliphatic carbocycles. The van der Waals surface area contributed by atoms with Gasteiger partial charge in [0.05, 0.1) is 16.9 Å². The molecule has 0 saturated carbocycles. The molecule has 4 rings (SSSR count). The maximum atomic E-state index is 13.9. The molecule has 0 aliphatic rings. The van der Waals surface area contributed by atoms with Gasteiger partial charge in [0.2, 0.25) is 0 Å². The second-order valence-corrected chi connectivity index (χ2v) is 5.84. The Bertz CT molecular complexity index is 1080. The van der Waals surface area contributed by atoms with Gasteiger partial charge in [0.25, 0.3) is 5.91 Å². The molecular formula is C21H15FN4O. The number of carbonyl (C=O) groups is 1. The van der Waals surface area contributed by atoms with Gasteiger partial charge >= 0.3 is 0 Å². The monoisotopic (exact) mass is 358 g/mol. The van der Waals surface area contributed by atoms with Crippen molar-refractivity contribution in [2.24, 2.45) is 0 Å². The van der Waals surface area contributed by atoms with Crippen molar-refractivity contribution >= 4 is 11.7 Å². The van der Waals surface area contributed by atoms with Gasteiger partial charge in [-0.3, -0.25) is 9.78 Å². The van der Waals surface area contributed by atoms with Crippen LogP contribution in [0.5, 0.6) is 0 Å². The summed E-state index contributed by atoms with van der Waals surface area (Å²) in [5.41, 5.74) is 2.21. The van der Waals surface area contributed by atoms with Crippen molar-refractivity contribution in [1.82, 2.24) is 14.8 Å². The predicted molar refractivity (Wildman–Crippen MR) is 101 cm³/mol. The Morgan fingerprint density at radius 2 is 1.74 bits per heavy atom. The minimum atomic E-state index is -0.576. The molecule has 2 aromatic heterocycles. The van der Waals surface area contributed by atoms with E-state index >= 15 is 0 Å². The third-order valence-corrected chi connectivity index (χ3v) is 4.03. The van der Waals surface area contributed by atoms with E-state index in [-0.39, 0.29) is 5.56 Å². The van der Waals surface area contributed by atoms with Crippen molar-refractivity contribution in [2.75, 3.05) is 5.32 Å². The summed E-state index contributed by atoms with van der Waals surface area (Å²) in [6, 6.07) is 20.7. The van der Waals surface area contributed by atoms with E-state index in [0.717, 1.165) is 11.3 Å². The summed E-state index contributed by atoms with van der Waals surface area (Å²) in [4.78, 5) is 16.7. The molecular weight excluding hydrogens is 343 g/mol. The smallest absolute Gasteiger partial charge is 0.259 e. The van der Waals surface area contributed by atoms with Gasteiger partial charge in [-0.15, -0.1) is 0 Å². The molecule has 5 nitrogen and oxygen atoms in total. The standard InChI is InChI=1S/C21H15FN4O/c22-18-11-5-4-10-17(18)21(27)24-20-13-19(15-7-6-12-23-14-15)25-26(20)16-8-2-1-3-9-16/h1-14H,(H,24,27). The molecule has 0 bridgehead atoms. The minimum Gasteiger partial charge on any atom is -0.306 e. The van der Waals surface area contributed by atoms with Crippen LogP contribution in [0.2, 0.25) is 0 Å². The molecule has 6 heteroatoms. The SMILES string of the molecule is O=C(Nc1cc(-c2cccnc2)nn1-c1ccccc1)c1ccccc1F. The Balaban J connectivity index is 1.76. The first-order valence-electron chi connectivity index (χ1n) is 8.34. The van der Waals surface area contributed by atoms with Crippen LogP contribution in [-0.4, -0.2) is 20.7 Å². The van der Waals surface area contributed by atoms with Gasteiger partial charge in [-0.05, 0) is 36.4 Å². The van der Waals surface area contributed by atoms with Gasteiger partial charge in [0, 0.05) is 24.0 Å². The Morgan fingerprint density at radius 3 is 2.48 bits per heavy atom. The maximum Gasteiger partial charge on any atom is 0.259 e. The van der Waals surface area contributed by atoms with Crippen LogP contribution < -0.4 is 5.32 Å². The van der Waals surface area contributed by atoms with Crippen molar-refractivity contribution in [3.63, 3.8) is 0 Å². The second kappa shape index (κ2) is 7.21. The number of hydrogen-bond donors (Lipinski definition) is 1. The van der Waals surface area contributed by atoms with E-state index in [4.69, 9.17) is 0 Å². The van der Waals surface area contributed by atoms with E-state index in [1.54, 1.807) is 35.3 Å². The predicted octanol–water partition coefficient (Wildman–Crippen LogP) is 4.33. The lowest BCUT2D eigenvalue weighted by atomic mass is 10.2. The molecule has 0 aliphatic heterocycles. The lowest BCUT2D eigenvalue weighted by Gasteiger charge is -2.09. The molecule has 1 N–H and O–H groups in total. The summed E-state index contributed by atoms with van der Waals surface area (Å²) in [5, 5.41) is 7.35. The van der Waals surface area contributed by atoms with Gasteiger partial charge < -0.3 is 5.32 Å². The molecule has 0 fully saturated rings. The highest BCUT2D eigenvalue weighted by atomic mass is 19.1. The molecule has 0 atom stereocenters. The Hall–Kier alpha value is -3.80. The minimum absolute atomic E-state index is 0.0266. The average molecular weight is 358 g/mol. The normalized spacial score (nSPS) is 10.6. The number of halogens is 1. The largest absolute Gasteiger partial charge is 0.306 e. The quantitative estimate of drug-likeness (QED) is 0.591. The Kier molecular flexibility index (Phi) is 4.45.